The standard InChI is InChI=1S/C11H19N3O3/c1-16-11(5-3-2-4-6-11)10-13-9(17-14-10)8(12)7-15/h8,15H,2-7,12H2,1H3/t8-/m1/s1. The third-order valence-corrected chi connectivity index (χ3v) is 3.42. The summed E-state index contributed by atoms with van der Waals surface area (Å²) in [6, 6.07) is -0.617. The molecular formula is C11H19N3O3. The van der Waals surface area contributed by atoms with Crippen molar-refractivity contribution in [3.63, 3.8) is 0 Å². The lowest BCUT2D eigenvalue weighted by Gasteiger charge is -2.32. The van der Waals surface area contributed by atoms with Crippen LogP contribution in [0.2, 0.25) is 0 Å². The third kappa shape index (κ3) is 2.34. The summed E-state index contributed by atoms with van der Waals surface area (Å²) in [7, 11) is 1.67. The van der Waals surface area contributed by atoms with Crippen LogP contribution in [0.1, 0.15) is 49.9 Å². The Balaban J connectivity index is 2.22. The quantitative estimate of drug-likeness (QED) is 0.812. The van der Waals surface area contributed by atoms with Gasteiger partial charge in [-0.25, -0.2) is 0 Å². The normalized spacial score (nSPS) is 21.4. The van der Waals surface area contributed by atoms with Crippen LogP contribution in [0.5, 0.6) is 0 Å². The number of hydrogen-bond acceptors (Lipinski definition) is 6. The number of hydrogen-bond donors (Lipinski definition) is 2. The van der Waals surface area contributed by atoms with Crippen LogP contribution < -0.4 is 5.73 Å². The molecule has 6 heteroatoms. The molecule has 1 heterocycles. The first-order chi connectivity index (χ1) is 8.22. The summed E-state index contributed by atoms with van der Waals surface area (Å²) in [5.74, 6) is 0.822. The van der Waals surface area contributed by atoms with E-state index in [1.807, 2.05) is 0 Å². The molecule has 1 aliphatic rings. The summed E-state index contributed by atoms with van der Waals surface area (Å²) in [6.07, 6.45) is 5.22. The van der Waals surface area contributed by atoms with E-state index in [1.54, 1.807) is 7.11 Å². The zero-order valence-corrected chi connectivity index (χ0v) is 10.1. The molecule has 96 valence electrons. The molecular weight excluding hydrogens is 222 g/mol. The number of methoxy groups -OCH3 is 1. The molecule has 1 atom stereocenters. The SMILES string of the molecule is COC1(c2noc([C@H](N)CO)n2)CCCCC1. The number of nitrogens with zero attached hydrogens (tertiary/aromatic N) is 2. The van der Waals surface area contributed by atoms with Crippen molar-refractivity contribution in [2.24, 2.45) is 5.73 Å². The average molecular weight is 241 g/mol. The summed E-state index contributed by atoms with van der Waals surface area (Å²) in [5.41, 5.74) is 5.20. The number of rotatable bonds is 4. The molecule has 3 N–H and O–H groups in total. The predicted molar refractivity (Wildman–Crippen MR) is 60.1 cm³/mol. The fourth-order valence-corrected chi connectivity index (χ4v) is 2.29. The monoisotopic (exact) mass is 241 g/mol. The van der Waals surface area contributed by atoms with Gasteiger partial charge in [0.15, 0.2) is 0 Å². The van der Waals surface area contributed by atoms with Crippen molar-refractivity contribution in [3.05, 3.63) is 11.7 Å². The Hall–Kier alpha value is -0.980. The van der Waals surface area contributed by atoms with Crippen LogP contribution in [0, 0.1) is 0 Å². The van der Waals surface area contributed by atoms with Crippen LogP contribution >= 0.6 is 0 Å². The van der Waals surface area contributed by atoms with Crippen LogP contribution in [0.25, 0.3) is 0 Å². The van der Waals surface area contributed by atoms with Gasteiger partial charge in [0.05, 0.1) is 6.61 Å². The second-order valence-electron chi connectivity index (χ2n) is 4.50. The fourth-order valence-electron chi connectivity index (χ4n) is 2.29. The zero-order chi connectivity index (χ0) is 12.3. The highest BCUT2D eigenvalue weighted by molar-refractivity contribution is 5.04. The Morgan fingerprint density at radius 2 is 2.18 bits per heavy atom. The van der Waals surface area contributed by atoms with Crippen molar-refractivity contribution < 1.29 is 14.4 Å². The van der Waals surface area contributed by atoms with E-state index < -0.39 is 11.6 Å². The molecule has 17 heavy (non-hydrogen) atoms. The third-order valence-electron chi connectivity index (χ3n) is 3.42. The van der Waals surface area contributed by atoms with Crippen LogP contribution in [-0.2, 0) is 10.3 Å². The van der Waals surface area contributed by atoms with E-state index in [4.69, 9.17) is 20.1 Å². The molecule has 1 aromatic heterocycles. The van der Waals surface area contributed by atoms with Crippen LogP contribution in [0.4, 0.5) is 0 Å². The molecule has 0 saturated heterocycles. The van der Waals surface area contributed by atoms with E-state index in [2.05, 4.69) is 10.1 Å². The number of ether oxygens (including phenoxy) is 1. The molecule has 0 unspecified atom stereocenters. The molecule has 0 bridgehead atoms. The lowest BCUT2D eigenvalue weighted by atomic mass is 9.84. The van der Waals surface area contributed by atoms with E-state index in [0.29, 0.717) is 5.82 Å². The minimum absolute atomic E-state index is 0.207. The van der Waals surface area contributed by atoms with E-state index in [0.717, 1.165) is 25.7 Å². The Bertz CT molecular complexity index is 361. The van der Waals surface area contributed by atoms with Crippen molar-refractivity contribution >= 4 is 0 Å². The molecule has 0 spiro atoms. The maximum Gasteiger partial charge on any atom is 0.246 e. The predicted octanol–water partition coefficient (Wildman–Crippen LogP) is 0.867. The van der Waals surface area contributed by atoms with Crippen molar-refractivity contribution in [2.45, 2.75) is 43.7 Å². The number of nitrogens with two attached hydrogens (primary N) is 1. The molecule has 1 saturated carbocycles. The summed E-state index contributed by atoms with van der Waals surface area (Å²) >= 11 is 0. The number of aliphatic hydroxyl groups is 1. The van der Waals surface area contributed by atoms with Gasteiger partial charge in [-0.1, -0.05) is 24.4 Å². The van der Waals surface area contributed by atoms with Crippen molar-refractivity contribution in [1.29, 1.82) is 0 Å². The topological polar surface area (TPSA) is 94.4 Å². The summed E-state index contributed by atoms with van der Waals surface area (Å²) in [4.78, 5) is 4.26. The van der Waals surface area contributed by atoms with Gasteiger partial charge in [0.2, 0.25) is 11.7 Å². The molecule has 1 aliphatic carbocycles. The second kappa shape index (κ2) is 5.12. The van der Waals surface area contributed by atoms with Gasteiger partial charge < -0.3 is 20.1 Å². The number of aromatic nitrogens is 2. The van der Waals surface area contributed by atoms with Crippen molar-refractivity contribution in [1.82, 2.24) is 10.1 Å². The highest BCUT2D eigenvalue weighted by atomic mass is 16.5. The fraction of sp³-hybridized carbons (Fsp3) is 0.818. The van der Waals surface area contributed by atoms with Crippen molar-refractivity contribution in [3.8, 4) is 0 Å². The summed E-state index contributed by atoms with van der Waals surface area (Å²) in [6.45, 7) is -0.207. The largest absolute Gasteiger partial charge is 0.394 e. The van der Waals surface area contributed by atoms with Gasteiger partial charge >= 0.3 is 0 Å². The number of aliphatic hydroxyl groups excluding tert-OH is 1. The highest BCUT2D eigenvalue weighted by Gasteiger charge is 2.38. The smallest absolute Gasteiger partial charge is 0.246 e. The molecule has 1 fully saturated rings. The van der Waals surface area contributed by atoms with Crippen molar-refractivity contribution in [2.75, 3.05) is 13.7 Å². The average Bonchev–Trinajstić information content (AvgIpc) is 2.88. The zero-order valence-electron chi connectivity index (χ0n) is 10.1. The maximum absolute atomic E-state index is 8.95. The molecule has 2 rings (SSSR count). The molecule has 0 amide bonds. The minimum atomic E-state index is -0.617. The van der Waals surface area contributed by atoms with Gasteiger partial charge in [-0.15, -0.1) is 0 Å². The lowest BCUT2D eigenvalue weighted by Crippen LogP contribution is -2.32. The Kier molecular flexibility index (Phi) is 3.76. The Morgan fingerprint density at radius 3 is 2.76 bits per heavy atom. The van der Waals surface area contributed by atoms with E-state index >= 15 is 0 Å². The first-order valence-electron chi connectivity index (χ1n) is 5.97. The van der Waals surface area contributed by atoms with Gasteiger partial charge in [0, 0.05) is 7.11 Å². The van der Waals surface area contributed by atoms with Crippen LogP contribution in [0.15, 0.2) is 4.52 Å². The molecule has 6 nitrogen and oxygen atoms in total. The minimum Gasteiger partial charge on any atom is -0.394 e. The van der Waals surface area contributed by atoms with E-state index in [9.17, 15) is 0 Å². The van der Waals surface area contributed by atoms with E-state index in [1.165, 1.54) is 6.42 Å². The first-order valence-corrected chi connectivity index (χ1v) is 5.97. The summed E-state index contributed by atoms with van der Waals surface area (Å²) < 4.78 is 10.7. The van der Waals surface area contributed by atoms with E-state index in [-0.39, 0.29) is 12.5 Å². The second-order valence-corrected chi connectivity index (χ2v) is 4.50. The van der Waals surface area contributed by atoms with Gasteiger partial charge in [0.25, 0.3) is 0 Å². The lowest BCUT2D eigenvalue weighted by molar-refractivity contribution is -0.0527. The Morgan fingerprint density at radius 1 is 1.47 bits per heavy atom. The van der Waals surface area contributed by atoms with Gasteiger partial charge in [-0.05, 0) is 12.8 Å². The van der Waals surface area contributed by atoms with Gasteiger partial charge in [-0.3, -0.25) is 0 Å². The highest BCUT2D eigenvalue weighted by Crippen LogP contribution is 2.38. The first kappa shape index (κ1) is 12.5. The van der Waals surface area contributed by atoms with Crippen LogP contribution in [0.3, 0.4) is 0 Å². The maximum atomic E-state index is 8.95. The molecule has 0 aliphatic heterocycles. The molecule has 1 aromatic rings. The summed E-state index contributed by atoms with van der Waals surface area (Å²) in [5, 5.41) is 12.9. The van der Waals surface area contributed by atoms with Crippen LogP contribution in [-0.4, -0.2) is 29.0 Å². The Labute approximate surface area is 100 Å². The molecule has 0 radical (unpaired) electrons. The molecule has 0 aromatic carbocycles. The van der Waals surface area contributed by atoms with Gasteiger partial charge in [0.1, 0.15) is 11.6 Å². The van der Waals surface area contributed by atoms with Gasteiger partial charge in [-0.2, -0.15) is 4.98 Å².